The number of hydrogen-bond acceptors (Lipinski definition) is 4. The van der Waals surface area contributed by atoms with Crippen molar-refractivity contribution in [3.63, 3.8) is 0 Å². The fourth-order valence-electron chi connectivity index (χ4n) is 2.41. The van der Waals surface area contributed by atoms with Crippen LogP contribution in [0, 0.1) is 12.8 Å². The van der Waals surface area contributed by atoms with Gasteiger partial charge in [-0.25, -0.2) is 4.52 Å². The molecule has 2 atom stereocenters. The highest BCUT2D eigenvalue weighted by atomic mass is 35.5. The molecular weight excluding hydrogens is 280 g/mol. The highest BCUT2D eigenvalue weighted by Gasteiger charge is 2.28. The molecule has 1 aliphatic heterocycles. The molecule has 2 aromatic rings. The Labute approximate surface area is 121 Å². The molecule has 106 valence electrons. The summed E-state index contributed by atoms with van der Waals surface area (Å²) in [7, 11) is 0. The van der Waals surface area contributed by atoms with E-state index in [9.17, 15) is 4.79 Å². The van der Waals surface area contributed by atoms with Crippen molar-refractivity contribution < 1.29 is 9.53 Å². The molecular formula is C13H15ClN4O2. The topological polar surface area (TPSA) is 68.5 Å². The molecule has 2 aromatic heterocycles. The molecule has 1 N–H and O–H groups in total. The summed E-state index contributed by atoms with van der Waals surface area (Å²) in [5.74, 6) is 0.668. The fourth-order valence-corrected chi connectivity index (χ4v) is 2.58. The number of amides is 1. The number of rotatable bonds is 3. The van der Waals surface area contributed by atoms with E-state index in [2.05, 4.69) is 15.4 Å². The van der Waals surface area contributed by atoms with Gasteiger partial charge in [-0.15, -0.1) is 0 Å². The van der Waals surface area contributed by atoms with Crippen molar-refractivity contribution in [1.29, 1.82) is 0 Å². The van der Waals surface area contributed by atoms with E-state index in [1.807, 2.05) is 13.8 Å². The Balaban J connectivity index is 1.90. The lowest BCUT2D eigenvalue weighted by Crippen LogP contribution is -2.26. The molecule has 0 aromatic carbocycles. The first-order valence-corrected chi connectivity index (χ1v) is 6.86. The molecule has 0 saturated carbocycles. The number of ether oxygens (including phenoxy) is 1. The van der Waals surface area contributed by atoms with Crippen molar-refractivity contribution in [3.8, 4) is 5.88 Å². The Morgan fingerprint density at radius 3 is 3.10 bits per heavy atom. The van der Waals surface area contributed by atoms with Gasteiger partial charge >= 0.3 is 0 Å². The van der Waals surface area contributed by atoms with Crippen LogP contribution in [0.2, 0.25) is 5.15 Å². The molecule has 0 aliphatic carbocycles. The molecule has 1 aliphatic rings. The van der Waals surface area contributed by atoms with Crippen molar-refractivity contribution in [2.24, 2.45) is 5.92 Å². The molecule has 1 amide bonds. The summed E-state index contributed by atoms with van der Waals surface area (Å²) >= 11 is 5.98. The third-order valence-electron chi connectivity index (χ3n) is 3.59. The normalized spacial score (nSPS) is 20.1. The van der Waals surface area contributed by atoms with Gasteiger partial charge in [0.15, 0.2) is 5.15 Å². The van der Waals surface area contributed by atoms with Crippen LogP contribution in [0.3, 0.4) is 0 Å². The molecule has 6 nitrogen and oxygen atoms in total. The van der Waals surface area contributed by atoms with E-state index >= 15 is 0 Å². The number of nitrogens with zero attached hydrogens (tertiary/aromatic N) is 3. The van der Waals surface area contributed by atoms with Gasteiger partial charge in [0, 0.05) is 24.4 Å². The Bertz CT molecular complexity index is 670. The number of aryl methyl sites for hydroxylation is 1. The lowest BCUT2D eigenvalue weighted by Gasteiger charge is -2.19. The third kappa shape index (κ3) is 2.31. The number of carbonyl (C=O) groups excluding carboxylic acids is 1. The van der Waals surface area contributed by atoms with Crippen LogP contribution in [-0.4, -0.2) is 33.2 Å². The average molecular weight is 295 g/mol. The van der Waals surface area contributed by atoms with Crippen LogP contribution in [0.4, 0.5) is 0 Å². The van der Waals surface area contributed by atoms with E-state index in [1.54, 1.807) is 16.9 Å². The zero-order valence-corrected chi connectivity index (χ0v) is 12.0. The Morgan fingerprint density at radius 2 is 2.40 bits per heavy atom. The second kappa shape index (κ2) is 4.94. The van der Waals surface area contributed by atoms with Gasteiger partial charge in [0.1, 0.15) is 11.6 Å². The molecule has 7 heteroatoms. The molecule has 1 fully saturated rings. The summed E-state index contributed by atoms with van der Waals surface area (Å²) in [4.78, 5) is 15.5. The van der Waals surface area contributed by atoms with Crippen molar-refractivity contribution >= 4 is 23.0 Å². The third-order valence-corrected chi connectivity index (χ3v) is 3.77. The monoisotopic (exact) mass is 294 g/mol. The van der Waals surface area contributed by atoms with Gasteiger partial charge in [-0.05, 0) is 13.8 Å². The van der Waals surface area contributed by atoms with Crippen molar-refractivity contribution in [3.05, 3.63) is 23.1 Å². The SMILES string of the molecule is Cc1cnn2cc(Cl)nc(O[C@H](C)[C@H]3CNC(=O)C3)c12. The first-order chi connectivity index (χ1) is 9.54. The quantitative estimate of drug-likeness (QED) is 0.933. The highest BCUT2D eigenvalue weighted by molar-refractivity contribution is 6.29. The van der Waals surface area contributed by atoms with Gasteiger partial charge in [0.05, 0.1) is 12.4 Å². The minimum absolute atomic E-state index is 0.0650. The van der Waals surface area contributed by atoms with Gasteiger partial charge in [-0.1, -0.05) is 11.6 Å². The zero-order valence-electron chi connectivity index (χ0n) is 11.3. The second-order valence-corrected chi connectivity index (χ2v) is 5.47. The minimum Gasteiger partial charge on any atom is -0.473 e. The summed E-state index contributed by atoms with van der Waals surface area (Å²) < 4.78 is 7.59. The summed E-state index contributed by atoms with van der Waals surface area (Å²) in [5, 5.41) is 7.33. The van der Waals surface area contributed by atoms with E-state index in [-0.39, 0.29) is 17.9 Å². The lowest BCUT2D eigenvalue weighted by molar-refractivity contribution is -0.119. The van der Waals surface area contributed by atoms with Crippen LogP contribution < -0.4 is 10.1 Å². The number of carbonyl (C=O) groups is 1. The maximum atomic E-state index is 11.3. The largest absolute Gasteiger partial charge is 0.473 e. The summed E-state index contributed by atoms with van der Waals surface area (Å²) in [5.41, 5.74) is 1.77. The molecule has 3 heterocycles. The van der Waals surface area contributed by atoms with Crippen molar-refractivity contribution in [2.45, 2.75) is 26.4 Å². The molecule has 0 radical (unpaired) electrons. The van der Waals surface area contributed by atoms with Crippen LogP contribution in [0.15, 0.2) is 12.4 Å². The number of hydrogen-bond donors (Lipinski definition) is 1. The van der Waals surface area contributed by atoms with E-state index in [0.29, 0.717) is 24.0 Å². The van der Waals surface area contributed by atoms with Crippen molar-refractivity contribution in [2.75, 3.05) is 6.54 Å². The predicted molar refractivity (Wildman–Crippen MR) is 73.9 cm³/mol. The number of aromatic nitrogens is 3. The van der Waals surface area contributed by atoms with Crippen LogP contribution in [-0.2, 0) is 4.79 Å². The van der Waals surface area contributed by atoms with E-state index in [1.165, 1.54) is 0 Å². The zero-order chi connectivity index (χ0) is 14.3. The lowest BCUT2D eigenvalue weighted by atomic mass is 10.0. The maximum Gasteiger partial charge on any atom is 0.242 e. The Hall–Kier alpha value is -1.82. The summed E-state index contributed by atoms with van der Waals surface area (Å²) in [6.45, 7) is 4.51. The van der Waals surface area contributed by atoms with Gasteiger partial charge in [0.25, 0.3) is 0 Å². The first-order valence-electron chi connectivity index (χ1n) is 6.48. The molecule has 3 rings (SSSR count). The van der Waals surface area contributed by atoms with Crippen LogP contribution in [0.5, 0.6) is 5.88 Å². The standard InChI is InChI=1S/C13H15ClN4O2/c1-7-4-16-18-6-10(14)17-13(12(7)18)20-8(2)9-3-11(19)15-5-9/h4,6,8-9H,3,5H2,1-2H3,(H,15,19)/t8-,9-/m1/s1. The second-order valence-electron chi connectivity index (χ2n) is 5.08. The van der Waals surface area contributed by atoms with Gasteiger partial charge in [0.2, 0.25) is 11.8 Å². The number of fused-ring (bicyclic) bond motifs is 1. The number of nitrogens with one attached hydrogen (secondary N) is 1. The van der Waals surface area contributed by atoms with E-state index in [0.717, 1.165) is 11.1 Å². The van der Waals surface area contributed by atoms with Crippen LogP contribution >= 0.6 is 11.6 Å². The summed E-state index contributed by atoms with van der Waals surface area (Å²) in [6.07, 6.45) is 3.74. The smallest absolute Gasteiger partial charge is 0.242 e. The van der Waals surface area contributed by atoms with Crippen molar-refractivity contribution in [1.82, 2.24) is 19.9 Å². The fraction of sp³-hybridized carbons (Fsp3) is 0.462. The van der Waals surface area contributed by atoms with Gasteiger partial charge in [-0.2, -0.15) is 10.1 Å². The maximum absolute atomic E-state index is 11.3. The van der Waals surface area contributed by atoms with Crippen LogP contribution in [0.1, 0.15) is 18.9 Å². The minimum atomic E-state index is -0.127. The predicted octanol–water partition coefficient (Wildman–Crippen LogP) is 1.59. The Morgan fingerprint density at radius 1 is 1.60 bits per heavy atom. The molecule has 0 unspecified atom stereocenters. The van der Waals surface area contributed by atoms with Crippen LogP contribution in [0.25, 0.3) is 5.52 Å². The first kappa shape index (κ1) is 13.2. The van der Waals surface area contributed by atoms with E-state index in [4.69, 9.17) is 16.3 Å². The highest BCUT2D eigenvalue weighted by Crippen LogP contribution is 2.26. The molecule has 1 saturated heterocycles. The van der Waals surface area contributed by atoms with E-state index < -0.39 is 0 Å². The summed E-state index contributed by atoms with van der Waals surface area (Å²) in [6, 6.07) is 0. The van der Waals surface area contributed by atoms with Gasteiger partial charge < -0.3 is 10.1 Å². The van der Waals surface area contributed by atoms with Gasteiger partial charge in [-0.3, -0.25) is 4.79 Å². The average Bonchev–Trinajstić information content (AvgIpc) is 2.96. The molecule has 20 heavy (non-hydrogen) atoms. The molecule has 0 spiro atoms. The Kier molecular flexibility index (Phi) is 3.25. The number of halogens is 1. The molecule has 0 bridgehead atoms.